The van der Waals surface area contributed by atoms with Crippen LogP contribution in [0, 0.1) is 12.8 Å². The van der Waals surface area contributed by atoms with E-state index in [1.807, 2.05) is 24.0 Å². The normalized spacial score (nSPS) is 24.9. The van der Waals surface area contributed by atoms with Crippen LogP contribution in [-0.2, 0) is 4.74 Å². The number of likely N-dealkylation sites (tertiary alicyclic amines) is 1. The molecule has 2 aromatic rings. The van der Waals surface area contributed by atoms with E-state index < -0.39 is 48.9 Å². The van der Waals surface area contributed by atoms with Crippen molar-refractivity contribution in [2.45, 2.75) is 56.7 Å². The van der Waals surface area contributed by atoms with Crippen LogP contribution in [0.25, 0.3) is 11.1 Å². The Labute approximate surface area is 229 Å². The van der Waals surface area contributed by atoms with E-state index >= 15 is 0 Å². The Bertz CT molecular complexity index is 1230. The average molecular weight is 569 g/mol. The summed E-state index contributed by atoms with van der Waals surface area (Å²) in [6, 6.07) is 8.50. The molecule has 3 fully saturated rings. The number of rotatable bonds is 5. The molecule has 0 spiro atoms. The number of hydrogen-bond donors (Lipinski definition) is 2. The first-order valence-corrected chi connectivity index (χ1v) is 13.5. The van der Waals surface area contributed by atoms with Crippen molar-refractivity contribution < 1.29 is 36.6 Å². The number of carbonyl (C=O) groups excluding carboxylic acids is 1. The number of amides is 2. The summed E-state index contributed by atoms with van der Waals surface area (Å²) in [4.78, 5) is 21.0. The Morgan fingerprint density at radius 1 is 1.18 bits per heavy atom. The number of pyridine rings is 1. The van der Waals surface area contributed by atoms with Gasteiger partial charge in [-0.3, -0.25) is 0 Å². The number of aliphatic hydroxyl groups excluding tert-OH is 1. The number of anilines is 2. The molecule has 3 atom stereocenters. The molecule has 2 aliphatic heterocycles. The molecule has 0 bridgehead atoms. The van der Waals surface area contributed by atoms with Gasteiger partial charge in [0.05, 0.1) is 13.2 Å². The van der Waals surface area contributed by atoms with E-state index in [0.29, 0.717) is 49.9 Å². The van der Waals surface area contributed by atoms with Gasteiger partial charge in [0.15, 0.2) is 0 Å². The lowest BCUT2D eigenvalue weighted by Crippen LogP contribution is -2.37. The molecule has 218 valence electrons. The van der Waals surface area contributed by atoms with Crippen molar-refractivity contribution in [1.82, 2.24) is 9.88 Å². The molecule has 0 radical (unpaired) electrons. The number of urea groups is 1. The maximum atomic E-state index is 14.2. The van der Waals surface area contributed by atoms with Crippen molar-refractivity contribution in [1.29, 1.82) is 0 Å². The fourth-order valence-corrected chi connectivity index (χ4v) is 5.80. The van der Waals surface area contributed by atoms with Crippen LogP contribution in [0.2, 0.25) is 0 Å². The maximum absolute atomic E-state index is 14.2. The molecule has 2 amide bonds. The van der Waals surface area contributed by atoms with E-state index in [1.165, 1.54) is 4.90 Å². The van der Waals surface area contributed by atoms with Crippen LogP contribution in [0.3, 0.4) is 0 Å². The minimum Gasteiger partial charge on any atom is -0.387 e. The lowest BCUT2D eigenvalue weighted by atomic mass is 9.95. The van der Waals surface area contributed by atoms with E-state index in [-0.39, 0.29) is 19.5 Å². The molecular weight excluding hydrogens is 535 g/mol. The highest BCUT2D eigenvalue weighted by molar-refractivity contribution is 5.90. The number of carbonyl (C=O) groups is 1. The van der Waals surface area contributed by atoms with Crippen molar-refractivity contribution in [2.75, 3.05) is 49.6 Å². The van der Waals surface area contributed by atoms with Gasteiger partial charge in [-0.1, -0.05) is 6.07 Å². The SMILES string of the molecule is Cc1ccc(NC(=O)N2CC[C@@H](CC(F)(F)F)C2)cc1-c1cc(C2CC(O)C(F)(F)C2)nc(N2CCOCC2)c1. The smallest absolute Gasteiger partial charge is 0.387 e. The molecule has 3 aliphatic rings. The second kappa shape index (κ2) is 11.1. The number of alkyl halides is 5. The number of aromatic nitrogens is 1. The molecule has 1 aromatic carbocycles. The Morgan fingerprint density at radius 2 is 1.93 bits per heavy atom. The molecule has 5 rings (SSSR count). The van der Waals surface area contributed by atoms with E-state index in [2.05, 4.69) is 5.32 Å². The third-order valence-electron chi connectivity index (χ3n) is 7.99. The number of morpholine rings is 1. The predicted octanol–water partition coefficient (Wildman–Crippen LogP) is 5.57. The summed E-state index contributed by atoms with van der Waals surface area (Å²) in [6.07, 6.45) is -7.19. The van der Waals surface area contributed by atoms with Crippen molar-refractivity contribution in [3.63, 3.8) is 0 Å². The van der Waals surface area contributed by atoms with Crippen molar-refractivity contribution >= 4 is 17.5 Å². The Balaban J connectivity index is 1.40. The van der Waals surface area contributed by atoms with E-state index in [0.717, 1.165) is 16.7 Å². The second-order valence-electron chi connectivity index (χ2n) is 11.0. The number of hydrogen-bond acceptors (Lipinski definition) is 5. The fraction of sp³-hybridized carbons (Fsp3) is 0.571. The number of halogens is 5. The van der Waals surface area contributed by atoms with Gasteiger partial charge in [0.1, 0.15) is 11.9 Å². The van der Waals surface area contributed by atoms with Gasteiger partial charge in [0.25, 0.3) is 5.92 Å². The highest BCUT2D eigenvalue weighted by Gasteiger charge is 2.49. The van der Waals surface area contributed by atoms with Crippen molar-refractivity contribution in [3.05, 3.63) is 41.6 Å². The van der Waals surface area contributed by atoms with Gasteiger partial charge >= 0.3 is 12.2 Å². The average Bonchev–Trinajstić information content (AvgIpc) is 3.47. The van der Waals surface area contributed by atoms with Gasteiger partial charge in [-0.25, -0.2) is 18.6 Å². The van der Waals surface area contributed by atoms with Crippen molar-refractivity contribution in [3.8, 4) is 11.1 Å². The number of benzene rings is 1. The first-order chi connectivity index (χ1) is 18.9. The fourth-order valence-electron chi connectivity index (χ4n) is 5.80. The Hall–Kier alpha value is -2.99. The minimum atomic E-state index is -4.26. The quantitative estimate of drug-likeness (QED) is 0.461. The molecule has 1 aliphatic carbocycles. The van der Waals surface area contributed by atoms with Gasteiger partial charge in [0, 0.05) is 56.3 Å². The summed E-state index contributed by atoms with van der Waals surface area (Å²) in [6.45, 7) is 4.41. The first kappa shape index (κ1) is 28.5. The molecule has 2 saturated heterocycles. The third-order valence-corrected chi connectivity index (χ3v) is 7.99. The van der Waals surface area contributed by atoms with Gasteiger partial charge < -0.3 is 25.0 Å². The summed E-state index contributed by atoms with van der Waals surface area (Å²) in [5.41, 5.74) is 3.32. The Morgan fingerprint density at radius 3 is 2.60 bits per heavy atom. The Kier molecular flexibility index (Phi) is 7.93. The molecular formula is C28H33F5N4O3. The second-order valence-corrected chi connectivity index (χ2v) is 11.0. The van der Waals surface area contributed by atoms with Crippen LogP contribution in [0.5, 0.6) is 0 Å². The third kappa shape index (κ3) is 6.49. The lowest BCUT2D eigenvalue weighted by molar-refractivity contribution is -0.143. The lowest BCUT2D eigenvalue weighted by Gasteiger charge is -2.29. The maximum Gasteiger partial charge on any atom is 0.389 e. The number of aliphatic hydroxyl groups is 1. The van der Waals surface area contributed by atoms with Gasteiger partial charge in [-0.15, -0.1) is 0 Å². The zero-order valence-corrected chi connectivity index (χ0v) is 22.2. The zero-order valence-electron chi connectivity index (χ0n) is 22.2. The van der Waals surface area contributed by atoms with Gasteiger partial charge in [-0.05, 0) is 66.6 Å². The van der Waals surface area contributed by atoms with E-state index in [4.69, 9.17) is 9.72 Å². The summed E-state index contributed by atoms with van der Waals surface area (Å²) in [7, 11) is 0. The van der Waals surface area contributed by atoms with Crippen LogP contribution >= 0.6 is 0 Å². The molecule has 40 heavy (non-hydrogen) atoms. The summed E-state index contributed by atoms with van der Waals surface area (Å²) < 4.78 is 72.2. The summed E-state index contributed by atoms with van der Waals surface area (Å²) in [5, 5.41) is 12.7. The minimum absolute atomic E-state index is 0.0402. The van der Waals surface area contributed by atoms with E-state index in [1.54, 1.807) is 18.2 Å². The van der Waals surface area contributed by atoms with Crippen LogP contribution < -0.4 is 10.2 Å². The van der Waals surface area contributed by atoms with Crippen molar-refractivity contribution in [2.24, 2.45) is 5.92 Å². The number of aryl methyl sites for hydroxylation is 1. The first-order valence-electron chi connectivity index (χ1n) is 13.5. The van der Waals surface area contributed by atoms with E-state index in [9.17, 15) is 31.9 Å². The van der Waals surface area contributed by atoms with Gasteiger partial charge in [-0.2, -0.15) is 13.2 Å². The molecule has 1 aromatic heterocycles. The predicted molar refractivity (Wildman–Crippen MR) is 140 cm³/mol. The number of ether oxygens (including phenoxy) is 1. The van der Waals surface area contributed by atoms with Crippen LogP contribution in [-0.4, -0.2) is 78.6 Å². The zero-order chi connectivity index (χ0) is 28.7. The van der Waals surface area contributed by atoms with Crippen LogP contribution in [0.1, 0.15) is 42.9 Å². The number of nitrogens with zero attached hydrogens (tertiary/aromatic N) is 3. The topological polar surface area (TPSA) is 77.9 Å². The molecule has 1 saturated carbocycles. The summed E-state index contributed by atoms with van der Waals surface area (Å²) in [5.74, 6) is -3.79. The molecule has 3 heterocycles. The van der Waals surface area contributed by atoms with Gasteiger partial charge in [0.2, 0.25) is 0 Å². The highest BCUT2D eigenvalue weighted by Crippen LogP contribution is 2.45. The molecule has 2 N–H and O–H groups in total. The summed E-state index contributed by atoms with van der Waals surface area (Å²) >= 11 is 0. The molecule has 7 nitrogen and oxygen atoms in total. The van der Waals surface area contributed by atoms with Crippen LogP contribution in [0.4, 0.5) is 38.3 Å². The largest absolute Gasteiger partial charge is 0.389 e. The number of nitrogens with one attached hydrogen (secondary N) is 1. The standard InChI is InChI=1S/C28H33F5N4O3/c1-17-2-3-21(34-26(39)37-5-4-18(16-37)14-28(31,32)33)13-22(17)19-10-23(20-11-24(38)27(29,30)15-20)35-25(12-19)36-6-8-40-9-7-36/h2-3,10,12-13,18,20,24,38H,4-9,11,14-16H2,1H3,(H,34,39)/t18-,20?,24?/m0/s1. The molecule has 12 heteroatoms. The monoisotopic (exact) mass is 568 g/mol. The highest BCUT2D eigenvalue weighted by atomic mass is 19.4. The molecule has 2 unspecified atom stereocenters. The van der Waals surface area contributed by atoms with Crippen LogP contribution in [0.15, 0.2) is 30.3 Å².